The van der Waals surface area contributed by atoms with Gasteiger partial charge < -0.3 is 15.3 Å². The van der Waals surface area contributed by atoms with Gasteiger partial charge in [-0.15, -0.1) is 11.8 Å². The zero-order valence-corrected chi connectivity index (χ0v) is 12.9. The Hall–Kier alpha value is -2.02. The molecule has 2 heterocycles. The molecule has 3 rings (SSSR count). The number of anilines is 1. The fourth-order valence-electron chi connectivity index (χ4n) is 2.71. The first-order chi connectivity index (χ1) is 10.4. The van der Waals surface area contributed by atoms with E-state index in [2.05, 4.69) is 5.32 Å². The van der Waals surface area contributed by atoms with Crippen molar-refractivity contribution in [3.05, 3.63) is 23.8 Å². The van der Waals surface area contributed by atoms with Gasteiger partial charge in [-0.2, -0.15) is 0 Å². The maximum absolute atomic E-state index is 12.5. The molecule has 0 saturated carbocycles. The maximum Gasteiger partial charge on any atom is 0.311 e. The minimum atomic E-state index is -0.881. The molecule has 2 aliphatic rings. The molecular weight excluding hydrogens is 304 g/mol. The summed E-state index contributed by atoms with van der Waals surface area (Å²) in [5.41, 5.74) is 0.233. The molecular formula is C15H16N2O4S. The number of likely N-dealkylation sites (tertiary alicyclic amines) is 1. The Morgan fingerprint density at radius 3 is 2.86 bits per heavy atom. The average molecular weight is 320 g/mol. The number of hydrogen-bond donors (Lipinski definition) is 2. The molecule has 0 radical (unpaired) electrons. The number of rotatable bonds is 2. The number of nitrogens with one attached hydrogen (secondary N) is 1. The van der Waals surface area contributed by atoms with Gasteiger partial charge in [0.2, 0.25) is 5.91 Å². The highest BCUT2D eigenvalue weighted by Crippen LogP contribution is 2.34. The van der Waals surface area contributed by atoms with Crippen LogP contribution in [0.5, 0.6) is 0 Å². The summed E-state index contributed by atoms with van der Waals surface area (Å²) < 4.78 is 0. The molecule has 1 aromatic carbocycles. The summed E-state index contributed by atoms with van der Waals surface area (Å²) >= 11 is 1.44. The highest BCUT2D eigenvalue weighted by molar-refractivity contribution is 8.00. The second-order valence-electron chi connectivity index (χ2n) is 5.89. The number of fused-ring (bicyclic) bond motifs is 1. The molecule has 0 aromatic heterocycles. The lowest BCUT2D eigenvalue weighted by molar-refractivity contribution is -0.147. The van der Waals surface area contributed by atoms with Crippen LogP contribution in [0.3, 0.4) is 0 Å². The quantitative estimate of drug-likeness (QED) is 0.865. The van der Waals surface area contributed by atoms with E-state index < -0.39 is 11.4 Å². The zero-order valence-electron chi connectivity index (χ0n) is 12.1. The van der Waals surface area contributed by atoms with Crippen molar-refractivity contribution in [2.45, 2.75) is 18.2 Å². The minimum Gasteiger partial charge on any atom is -0.481 e. The fourth-order valence-corrected chi connectivity index (χ4v) is 3.50. The monoisotopic (exact) mass is 320 g/mol. The number of carbonyl (C=O) groups is 3. The van der Waals surface area contributed by atoms with Gasteiger partial charge in [-0.05, 0) is 31.5 Å². The number of amides is 2. The molecule has 2 N–H and O–H groups in total. The minimum absolute atomic E-state index is 0.0817. The van der Waals surface area contributed by atoms with E-state index in [1.807, 2.05) is 6.07 Å². The Kier molecular flexibility index (Phi) is 3.60. The predicted octanol–water partition coefficient (Wildman–Crippen LogP) is 1.67. The summed E-state index contributed by atoms with van der Waals surface area (Å²) in [6.45, 7) is 2.30. The number of carboxylic acid groups (broad SMARTS) is 1. The molecule has 1 atom stereocenters. The summed E-state index contributed by atoms with van der Waals surface area (Å²) in [4.78, 5) is 37.7. The summed E-state index contributed by atoms with van der Waals surface area (Å²) in [7, 11) is 0. The zero-order chi connectivity index (χ0) is 15.9. The molecule has 0 bridgehead atoms. The Morgan fingerprint density at radius 1 is 1.41 bits per heavy atom. The SMILES string of the molecule is CC1(C(=O)O)CCN(C(=O)c2ccc3c(c2)NC(=O)CS3)C1. The van der Waals surface area contributed by atoms with Crippen LogP contribution in [0.2, 0.25) is 0 Å². The number of thioether (sulfide) groups is 1. The van der Waals surface area contributed by atoms with E-state index in [-0.39, 0.29) is 18.4 Å². The molecule has 1 saturated heterocycles. The second kappa shape index (κ2) is 5.31. The molecule has 0 aliphatic carbocycles. The summed E-state index contributed by atoms with van der Waals surface area (Å²) in [6, 6.07) is 5.21. The number of nitrogens with zero attached hydrogens (tertiary/aromatic N) is 1. The number of carboxylic acids is 1. The molecule has 6 nitrogen and oxygen atoms in total. The van der Waals surface area contributed by atoms with E-state index in [1.54, 1.807) is 24.0 Å². The lowest BCUT2D eigenvalue weighted by Gasteiger charge is -2.21. The van der Waals surface area contributed by atoms with Crippen molar-refractivity contribution >= 4 is 35.2 Å². The van der Waals surface area contributed by atoms with Gasteiger partial charge >= 0.3 is 5.97 Å². The van der Waals surface area contributed by atoms with Crippen LogP contribution in [0.1, 0.15) is 23.7 Å². The smallest absolute Gasteiger partial charge is 0.311 e. The second-order valence-corrected chi connectivity index (χ2v) is 6.91. The topological polar surface area (TPSA) is 86.7 Å². The van der Waals surface area contributed by atoms with E-state index >= 15 is 0 Å². The van der Waals surface area contributed by atoms with Gasteiger partial charge in [-0.1, -0.05) is 0 Å². The molecule has 2 aliphatic heterocycles. The molecule has 7 heteroatoms. The van der Waals surface area contributed by atoms with Gasteiger partial charge in [-0.25, -0.2) is 0 Å². The van der Waals surface area contributed by atoms with Gasteiger partial charge in [0.15, 0.2) is 0 Å². The van der Waals surface area contributed by atoms with E-state index in [0.29, 0.717) is 30.0 Å². The summed E-state index contributed by atoms with van der Waals surface area (Å²) in [5.74, 6) is -0.778. The first kappa shape index (κ1) is 14.9. The van der Waals surface area contributed by atoms with Crippen LogP contribution in [0, 0.1) is 5.41 Å². The van der Waals surface area contributed by atoms with Crippen molar-refractivity contribution in [2.24, 2.45) is 5.41 Å². The Morgan fingerprint density at radius 2 is 2.18 bits per heavy atom. The Labute approximate surface area is 131 Å². The van der Waals surface area contributed by atoms with Gasteiger partial charge in [0.05, 0.1) is 16.9 Å². The third-order valence-electron chi connectivity index (χ3n) is 4.14. The highest BCUT2D eigenvalue weighted by Gasteiger charge is 2.42. The largest absolute Gasteiger partial charge is 0.481 e. The fraction of sp³-hybridized carbons (Fsp3) is 0.400. The van der Waals surface area contributed by atoms with Crippen LogP contribution in [0.25, 0.3) is 0 Å². The van der Waals surface area contributed by atoms with Crippen molar-refractivity contribution < 1.29 is 19.5 Å². The van der Waals surface area contributed by atoms with E-state index in [0.717, 1.165) is 4.90 Å². The van der Waals surface area contributed by atoms with Crippen LogP contribution in [-0.4, -0.2) is 46.6 Å². The molecule has 1 unspecified atom stereocenters. The van der Waals surface area contributed by atoms with Crippen LogP contribution < -0.4 is 5.32 Å². The molecule has 1 aromatic rings. The Bertz CT molecular complexity index is 676. The summed E-state index contributed by atoms with van der Waals surface area (Å²) in [5, 5.41) is 12.0. The van der Waals surface area contributed by atoms with Crippen molar-refractivity contribution in [2.75, 3.05) is 24.2 Å². The standard InChI is InChI=1S/C15H16N2O4S/c1-15(14(20)21)4-5-17(8-15)13(19)9-2-3-11-10(6-9)16-12(18)7-22-11/h2-3,6H,4-5,7-8H2,1H3,(H,16,18)(H,20,21). The number of carbonyl (C=O) groups excluding carboxylic acids is 2. The van der Waals surface area contributed by atoms with Crippen LogP contribution >= 0.6 is 11.8 Å². The van der Waals surface area contributed by atoms with Gasteiger partial charge in [0.1, 0.15) is 0 Å². The van der Waals surface area contributed by atoms with Crippen molar-refractivity contribution in [3.8, 4) is 0 Å². The lowest BCUT2D eigenvalue weighted by atomic mass is 9.90. The molecule has 1 fully saturated rings. The molecule has 2 amide bonds. The van der Waals surface area contributed by atoms with E-state index in [4.69, 9.17) is 0 Å². The lowest BCUT2D eigenvalue weighted by Crippen LogP contribution is -2.35. The number of hydrogen-bond acceptors (Lipinski definition) is 4. The molecule has 22 heavy (non-hydrogen) atoms. The molecule has 0 spiro atoms. The van der Waals surface area contributed by atoms with E-state index in [9.17, 15) is 19.5 Å². The maximum atomic E-state index is 12.5. The van der Waals surface area contributed by atoms with Gasteiger partial charge in [-0.3, -0.25) is 14.4 Å². The van der Waals surface area contributed by atoms with E-state index in [1.165, 1.54) is 11.8 Å². The highest BCUT2D eigenvalue weighted by atomic mass is 32.2. The third-order valence-corrected chi connectivity index (χ3v) is 5.21. The molecule has 116 valence electrons. The summed E-state index contributed by atoms with van der Waals surface area (Å²) in [6.07, 6.45) is 0.450. The van der Waals surface area contributed by atoms with Crippen LogP contribution in [0.4, 0.5) is 5.69 Å². The van der Waals surface area contributed by atoms with Gasteiger partial charge in [0, 0.05) is 23.5 Å². The Balaban J connectivity index is 1.80. The number of benzene rings is 1. The number of aliphatic carboxylic acids is 1. The first-order valence-corrected chi connectivity index (χ1v) is 7.97. The van der Waals surface area contributed by atoms with Crippen LogP contribution in [-0.2, 0) is 9.59 Å². The normalized spacial score (nSPS) is 23.9. The third kappa shape index (κ3) is 2.56. The van der Waals surface area contributed by atoms with Crippen molar-refractivity contribution in [1.29, 1.82) is 0 Å². The predicted molar refractivity (Wildman–Crippen MR) is 82.1 cm³/mol. The van der Waals surface area contributed by atoms with Gasteiger partial charge in [0.25, 0.3) is 5.91 Å². The van der Waals surface area contributed by atoms with Crippen molar-refractivity contribution in [3.63, 3.8) is 0 Å². The first-order valence-electron chi connectivity index (χ1n) is 6.98. The average Bonchev–Trinajstić information content (AvgIpc) is 2.89. The van der Waals surface area contributed by atoms with Crippen LogP contribution in [0.15, 0.2) is 23.1 Å². The van der Waals surface area contributed by atoms with Crippen molar-refractivity contribution in [1.82, 2.24) is 4.90 Å².